The van der Waals surface area contributed by atoms with E-state index in [1.54, 1.807) is 0 Å². The maximum atomic E-state index is 2.42. The van der Waals surface area contributed by atoms with Crippen molar-refractivity contribution in [1.82, 2.24) is 0 Å². The molecule has 0 spiro atoms. The topological polar surface area (TPSA) is 0 Å². The van der Waals surface area contributed by atoms with Crippen molar-refractivity contribution in [2.75, 3.05) is 0 Å². The Bertz CT molecular complexity index is 55.6. The van der Waals surface area contributed by atoms with E-state index in [-0.39, 0.29) is 51.4 Å². The molecule has 1 fully saturated rings. The summed E-state index contributed by atoms with van der Waals surface area (Å²) in [6.45, 7) is 2.30. The van der Waals surface area contributed by atoms with Gasteiger partial charge in [-0.05, 0) is 5.92 Å². The minimum atomic E-state index is 0. The zero-order valence-corrected chi connectivity index (χ0v) is 9.81. The van der Waals surface area contributed by atoms with Crippen LogP contribution in [0.5, 0.6) is 0 Å². The second-order valence-electron chi connectivity index (χ2n) is 2.72. The molecular weight excluding hydrogens is 135 g/mol. The molecule has 1 saturated carbocycles. The van der Waals surface area contributed by atoms with E-state index in [2.05, 4.69) is 13.3 Å². The van der Waals surface area contributed by atoms with E-state index in [1.807, 2.05) is 0 Å². The Kier molecular flexibility index (Phi) is 7.51. The fraction of sp³-hybridized carbons (Fsp3) is 0.875. The second kappa shape index (κ2) is 6.35. The van der Waals surface area contributed by atoms with Crippen LogP contribution in [0.2, 0.25) is 0 Å². The molecule has 0 N–H and O–H groups in total. The van der Waals surface area contributed by atoms with E-state index >= 15 is 0 Å². The summed E-state index contributed by atoms with van der Waals surface area (Å²) in [7, 11) is 0. The first-order valence-corrected chi connectivity index (χ1v) is 3.75. The van der Waals surface area contributed by atoms with Crippen molar-refractivity contribution < 1.29 is 51.4 Å². The van der Waals surface area contributed by atoms with Crippen LogP contribution < -0.4 is 51.4 Å². The summed E-state index contributed by atoms with van der Waals surface area (Å²) in [5, 5.41) is 0. The van der Waals surface area contributed by atoms with Crippen molar-refractivity contribution in [2.45, 2.75) is 39.0 Å². The molecule has 0 bridgehead atoms. The first-order valence-electron chi connectivity index (χ1n) is 3.75. The van der Waals surface area contributed by atoms with Gasteiger partial charge >= 0.3 is 51.4 Å². The van der Waals surface area contributed by atoms with Crippen molar-refractivity contribution in [3.8, 4) is 0 Å². The zero-order valence-electron chi connectivity index (χ0n) is 6.69. The third-order valence-electron chi connectivity index (χ3n) is 2.14. The molecule has 0 nitrogen and oxygen atoms in total. The largest absolute Gasteiger partial charge is 1.00 e. The fourth-order valence-electron chi connectivity index (χ4n) is 1.40. The Balaban J connectivity index is 0.000000640. The van der Waals surface area contributed by atoms with Crippen molar-refractivity contribution in [3.63, 3.8) is 0 Å². The average molecular weight is 150 g/mol. The summed E-state index contributed by atoms with van der Waals surface area (Å²) in [4.78, 5) is 0. The molecule has 0 unspecified atom stereocenters. The van der Waals surface area contributed by atoms with Crippen molar-refractivity contribution in [3.05, 3.63) is 6.42 Å². The molecule has 0 aromatic heterocycles. The van der Waals surface area contributed by atoms with E-state index in [4.69, 9.17) is 0 Å². The molecule has 0 saturated heterocycles. The van der Waals surface area contributed by atoms with Gasteiger partial charge in [-0.2, -0.15) is 12.8 Å². The first-order chi connectivity index (χ1) is 3.93. The SMILES string of the molecule is CCC1CC[CH-]CC1.[K+]. The third kappa shape index (κ3) is 4.15. The molecule has 1 rings (SSSR count). The van der Waals surface area contributed by atoms with Gasteiger partial charge in [0, 0.05) is 0 Å². The standard InChI is InChI=1S/C8H15.K/c1-2-8-6-4-3-5-7-8;/h3,8H,2,4-7H2,1H3;/q-1;+1. The van der Waals surface area contributed by atoms with Gasteiger partial charge in [0.1, 0.15) is 0 Å². The molecule has 0 amide bonds. The summed E-state index contributed by atoms with van der Waals surface area (Å²) < 4.78 is 0. The van der Waals surface area contributed by atoms with Crippen molar-refractivity contribution in [1.29, 1.82) is 0 Å². The van der Waals surface area contributed by atoms with Crippen LogP contribution in [-0.2, 0) is 0 Å². The third-order valence-corrected chi connectivity index (χ3v) is 2.14. The van der Waals surface area contributed by atoms with Gasteiger partial charge in [-0.25, -0.2) is 0 Å². The van der Waals surface area contributed by atoms with E-state index < -0.39 is 0 Å². The molecule has 1 aliphatic rings. The summed E-state index contributed by atoms with van der Waals surface area (Å²) in [5.41, 5.74) is 0. The van der Waals surface area contributed by atoms with Gasteiger partial charge in [0.15, 0.2) is 0 Å². The summed E-state index contributed by atoms with van der Waals surface area (Å²) in [6.07, 6.45) is 9.48. The predicted octanol–water partition coefficient (Wildman–Crippen LogP) is -0.205. The Morgan fingerprint density at radius 2 is 1.89 bits per heavy atom. The molecule has 48 valence electrons. The normalized spacial score (nSPS) is 21.0. The molecule has 1 aliphatic carbocycles. The summed E-state index contributed by atoms with van der Waals surface area (Å²) in [5.74, 6) is 1.06. The maximum Gasteiger partial charge on any atom is 1.00 e. The minimum Gasteiger partial charge on any atom is -0.328 e. The number of hydrogen-bond donors (Lipinski definition) is 0. The molecule has 0 atom stereocenters. The number of rotatable bonds is 1. The molecule has 1 heteroatoms. The van der Waals surface area contributed by atoms with Gasteiger partial charge in [0.2, 0.25) is 0 Å². The first kappa shape index (κ1) is 10.6. The molecular formula is C8H15K. The second-order valence-corrected chi connectivity index (χ2v) is 2.72. The van der Waals surface area contributed by atoms with Crippen LogP contribution in [0.1, 0.15) is 39.0 Å². The number of hydrogen-bond acceptors (Lipinski definition) is 0. The predicted molar refractivity (Wildman–Crippen MR) is 36.5 cm³/mol. The van der Waals surface area contributed by atoms with Crippen molar-refractivity contribution >= 4 is 0 Å². The maximum absolute atomic E-state index is 2.42. The molecule has 0 aliphatic heterocycles. The molecule has 0 radical (unpaired) electrons. The molecule has 0 heterocycles. The van der Waals surface area contributed by atoms with E-state index in [9.17, 15) is 0 Å². The Morgan fingerprint density at radius 1 is 1.33 bits per heavy atom. The summed E-state index contributed by atoms with van der Waals surface area (Å²) >= 11 is 0. The Hall–Kier alpha value is 1.64. The van der Waals surface area contributed by atoms with Crippen LogP contribution >= 0.6 is 0 Å². The van der Waals surface area contributed by atoms with Crippen molar-refractivity contribution in [2.24, 2.45) is 5.92 Å². The van der Waals surface area contributed by atoms with Crippen LogP contribution in [0.3, 0.4) is 0 Å². The van der Waals surface area contributed by atoms with Crippen LogP contribution in [0.4, 0.5) is 0 Å². The minimum absolute atomic E-state index is 0. The zero-order chi connectivity index (χ0) is 5.82. The van der Waals surface area contributed by atoms with Crippen LogP contribution in [0.15, 0.2) is 0 Å². The fourth-order valence-corrected chi connectivity index (χ4v) is 1.40. The van der Waals surface area contributed by atoms with Gasteiger partial charge in [-0.15, -0.1) is 0 Å². The van der Waals surface area contributed by atoms with Gasteiger partial charge in [-0.1, -0.05) is 26.2 Å². The Morgan fingerprint density at radius 3 is 2.22 bits per heavy atom. The van der Waals surface area contributed by atoms with Gasteiger partial charge in [-0.3, -0.25) is 0 Å². The molecule has 9 heavy (non-hydrogen) atoms. The quantitative estimate of drug-likeness (QED) is 0.358. The van der Waals surface area contributed by atoms with E-state index in [1.165, 1.54) is 32.1 Å². The molecule has 0 aromatic rings. The van der Waals surface area contributed by atoms with Gasteiger partial charge in [0.25, 0.3) is 0 Å². The van der Waals surface area contributed by atoms with E-state index in [0.29, 0.717) is 0 Å². The molecule has 0 aromatic carbocycles. The van der Waals surface area contributed by atoms with Gasteiger partial charge < -0.3 is 6.42 Å². The Labute approximate surface area is 101 Å². The average Bonchev–Trinajstić information content (AvgIpc) is 1.90. The van der Waals surface area contributed by atoms with Crippen LogP contribution in [0, 0.1) is 12.3 Å². The van der Waals surface area contributed by atoms with Crippen LogP contribution in [0.25, 0.3) is 0 Å². The van der Waals surface area contributed by atoms with Gasteiger partial charge in [0.05, 0.1) is 0 Å². The summed E-state index contributed by atoms with van der Waals surface area (Å²) in [6, 6.07) is 0. The van der Waals surface area contributed by atoms with Crippen LogP contribution in [-0.4, -0.2) is 0 Å². The smallest absolute Gasteiger partial charge is 0.328 e. The monoisotopic (exact) mass is 150 g/mol. The van der Waals surface area contributed by atoms with E-state index in [0.717, 1.165) is 5.92 Å².